The molecule has 0 aromatic heterocycles. The number of fused-ring (bicyclic) bond motifs is 2. The maximum Gasteiger partial charge on any atom is 0.113 e. The summed E-state index contributed by atoms with van der Waals surface area (Å²) < 4.78 is 0. The van der Waals surface area contributed by atoms with Crippen molar-refractivity contribution in [1.82, 2.24) is 4.90 Å². The van der Waals surface area contributed by atoms with Gasteiger partial charge in [-0.15, -0.1) is 0 Å². The Morgan fingerprint density at radius 2 is 1.65 bits per heavy atom. The molecular formula is C23H30N2Si. The second-order valence-corrected chi connectivity index (χ2v) is 13.3. The summed E-state index contributed by atoms with van der Waals surface area (Å²) in [5, 5.41) is 3.19. The highest BCUT2D eigenvalue weighted by Gasteiger charge is 2.45. The van der Waals surface area contributed by atoms with Crippen LogP contribution < -0.4 is 15.3 Å². The summed E-state index contributed by atoms with van der Waals surface area (Å²) in [6.07, 6.45) is 4.78. The van der Waals surface area contributed by atoms with Crippen LogP contribution in [0, 0.1) is 6.92 Å². The summed E-state index contributed by atoms with van der Waals surface area (Å²) in [6, 6.07) is 13.9. The molecule has 2 nitrogen and oxygen atoms in total. The van der Waals surface area contributed by atoms with E-state index in [1.54, 1.807) is 15.9 Å². The van der Waals surface area contributed by atoms with E-state index in [1.165, 1.54) is 16.8 Å². The number of aryl methyl sites for hydroxylation is 1. The minimum atomic E-state index is -1.73. The fraction of sp³-hybridized carbons (Fsp3) is 0.391. The zero-order valence-corrected chi connectivity index (χ0v) is 18.1. The first-order chi connectivity index (χ1) is 12.2. The molecule has 2 heterocycles. The van der Waals surface area contributed by atoms with E-state index in [0.29, 0.717) is 6.17 Å². The Kier molecular flexibility index (Phi) is 3.68. The van der Waals surface area contributed by atoms with Gasteiger partial charge in [0.25, 0.3) is 0 Å². The second kappa shape index (κ2) is 5.50. The van der Waals surface area contributed by atoms with Gasteiger partial charge >= 0.3 is 0 Å². The first kappa shape index (κ1) is 17.4. The average Bonchev–Trinajstić information content (AvgIpc) is 2.92. The highest BCUT2D eigenvalue weighted by molar-refractivity contribution is 7.01. The molecule has 3 heteroatoms. The van der Waals surface area contributed by atoms with Crippen molar-refractivity contribution in [2.24, 2.45) is 0 Å². The van der Waals surface area contributed by atoms with Gasteiger partial charge in [-0.2, -0.15) is 0 Å². The summed E-state index contributed by atoms with van der Waals surface area (Å²) >= 11 is 0. The normalized spacial score (nSPS) is 22.3. The molecule has 0 fully saturated rings. The molecule has 2 aliphatic rings. The smallest absolute Gasteiger partial charge is 0.113 e. The summed E-state index contributed by atoms with van der Waals surface area (Å²) in [5.41, 5.74) is 5.84. The minimum absolute atomic E-state index is 0.00449. The molecule has 4 rings (SSSR count). The van der Waals surface area contributed by atoms with E-state index >= 15 is 0 Å². The SMILES string of the molecule is Cc1ccc2c(c1N1C=CN(C)[C@@H]1C)C(C)(C)c1ccccc1[Si]2(C)C. The topological polar surface area (TPSA) is 6.48 Å². The van der Waals surface area contributed by atoms with Crippen LogP contribution in [0.15, 0.2) is 48.8 Å². The highest BCUT2D eigenvalue weighted by atomic mass is 28.3. The number of benzene rings is 2. The third-order valence-electron chi connectivity index (χ3n) is 6.66. The van der Waals surface area contributed by atoms with Gasteiger partial charge in [0.05, 0.1) is 0 Å². The third-order valence-corrected chi connectivity index (χ3v) is 10.2. The number of rotatable bonds is 1. The van der Waals surface area contributed by atoms with Crippen LogP contribution in [0.2, 0.25) is 13.1 Å². The highest BCUT2D eigenvalue weighted by Crippen LogP contribution is 2.43. The van der Waals surface area contributed by atoms with Gasteiger partial charge in [-0.3, -0.25) is 0 Å². The van der Waals surface area contributed by atoms with E-state index in [1.807, 2.05) is 0 Å². The predicted octanol–water partition coefficient (Wildman–Crippen LogP) is 4.03. The Labute approximate surface area is 159 Å². The molecule has 0 spiro atoms. The van der Waals surface area contributed by atoms with E-state index < -0.39 is 8.07 Å². The summed E-state index contributed by atoms with van der Waals surface area (Å²) in [6.45, 7) is 14.4. The van der Waals surface area contributed by atoms with Gasteiger partial charge in [-0.05, 0) is 35.7 Å². The molecule has 0 N–H and O–H groups in total. The first-order valence-corrected chi connectivity index (χ1v) is 12.6. The van der Waals surface area contributed by atoms with Crippen molar-refractivity contribution in [3.63, 3.8) is 0 Å². The molecule has 2 aliphatic heterocycles. The van der Waals surface area contributed by atoms with Crippen LogP contribution in [0.25, 0.3) is 0 Å². The molecule has 0 unspecified atom stereocenters. The van der Waals surface area contributed by atoms with E-state index in [4.69, 9.17) is 0 Å². The number of hydrogen-bond acceptors (Lipinski definition) is 2. The number of anilines is 1. The molecule has 0 radical (unpaired) electrons. The summed E-state index contributed by atoms with van der Waals surface area (Å²) in [4.78, 5) is 4.75. The lowest BCUT2D eigenvalue weighted by atomic mass is 9.75. The fourth-order valence-corrected chi connectivity index (χ4v) is 8.35. The Bertz CT molecular complexity index is 910. The van der Waals surface area contributed by atoms with Gasteiger partial charge in [0.15, 0.2) is 0 Å². The molecule has 136 valence electrons. The minimum Gasteiger partial charge on any atom is -0.359 e. The van der Waals surface area contributed by atoms with E-state index in [9.17, 15) is 0 Å². The van der Waals surface area contributed by atoms with Crippen molar-refractivity contribution in [3.8, 4) is 0 Å². The first-order valence-electron chi connectivity index (χ1n) is 9.60. The lowest BCUT2D eigenvalue weighted by Crippen LogP contribution is -2.62. The quantitative estimate of drug-likeness (QED) is 0.707. The monoisotopic (exact) mass is 362 g/mol. The summed E-state index contributed by atoms with van der Waals surface area (Å²) in [5.74, 6) is 0. The fourth-order valence-electron chi connectivity index (χ4n) is 4.92. The van der Waals surface area contributed by atoms with Crippen molar-refractivity contribution in [2.75, 3.05) is 11.9 Å². The van der Waals surface area contributed by atoms with Gasteiger partial charge < -0.3 is 9.80 Å². The predicted molar refractivity (Wildman–Crippen MR) is 115 cm³/mol. The maximum atomic E-state index is 2.51. The van der Waals surface area contributed by atoms with Gasteiger partial charge in [0, 0.05) is 30.5 Å². The average molecular weight is 363 g/mol. The second-order valence-electron chi connectivity index (χ2n) is 8.95. The maximum absolute atomic E-state index is 2.51. The van der Waals surface area contributed by atoms with Crippen LogP contribution in [0.3, 0.4) is 0 Å². The lowest BCUT2D eigenvalue weighted by molar-refractivity contribution is 0.382. The standard InChI is InChI=1S/C23H30N2Si/c1-16-12-13-20-21(22(16)25-15-14-24(5)17(25)2)23(3,4)18-10-8-9-11-19(18)26(20,6)7/h8-15,17H,1-7H3/t17-/m0/s1. The van der Waals surface area contributed by atoms with Crippen molar-refractivity contribution in [3.05, 3.63) is 65.5 Å². The van der Waals surface area contributed by atoms with Gasteiger partial charge in [-0.25, -0.2) is 0 Å². The van der Waals surface area contributed by atoms with Crippen LogP contribution in [-0.2, 0) is 5.41 Å². The van der Waals surface area contributed by atoms with E-state index in [0.717, 1.165) is 0 Å². The van der Waals surface area contributed by atoms with Crippen molar-refractivity contribution < 1.29 is 0 Å². The number of hydrogen-bond donors (Lipinski definition) is 0. The zero-order valence-electron chi connectivity index (χ0n) is 17.1. The third kappa shape index (κ3) is 2.16. The Hall–Kier alpha value is -2.00. The summed E-state index contributed by atoms with van der Waals surface area (Å²) in [7, 11) is 0.428. The van der Waals surface area contributed by atoms with E-state index in [-0.39, 0.29) is 5.41 Å². The molecular weight excluding hydrogens is 332 g/mol. The molecule has 26 heavy (non-hydrogen) atoms. The van der Waals surface area contributed by atoms with Gasteiger partial charge in [0.1, 0.15) is 14.2 Å². The molecule has 2 aromatic carbocycles. The van der Waals surface area contributed by atoms with Crippen LogP contribution in [0.4, 0.5) is 5.69 Å². The van der Waals surface area contributed by atoms with Crippen molar-refractivity contribution in [1.29, 1.82) is 0 Å². The molecule has 0 aliphatic carbocycles. The Morgan fingerprint density at radius 3 is 2.31 bits per heavy atom. The zero-order chi connectivity index (χ0) is 18.9. The largest absolute Gasteiger partial charge is 0.359 e. The molecule has 0 saturated heterocycles. The van der Waals surface area contributed by atoms with Gasteiger partial charge in [-0.1, -0.05) is 68.5 Å². The van der Waals surface area contributed by atoms with Gasteiger partial charge in [0.2, 0.25) is 0 Å². The van der Waals surface area contributed by atoms with Crippen LogP contribution in [0.5, 0.6) is 0 Å². The number of nitrogens with zero attached hydrogens (tertiary/aromatic N) is 2. The van der Waals surface area contributed by atoms with Crippen molar-refractivity contribution in [2.45, 2.75) is 52.4 Å². The van der Waals surface area contributed by atoms with Crippen molar-refractivity contribution >= 4 is 24.1 Å². The van der Waals surface area contributed by atoms with Crippen LogP contribution in [-0.4, -0.2) is 26.2 Å². The molecule has 1 atom stereocenters. The molecule has 0 amide bonds. The molecule has 0 saturated carbocycles. The van der Waals surface area contributed by atoms with Crippen LogP contribution >= 0.6 is 0 Å². The Morgan fingerprint density at radius 1 is 0.962 bits per heavy atom. The Balaban J connectivity index is 2.05. The lowest BCUT2D eigenvalue weighted by Gasteiger charge is -2.46. The molecule has 0 bridgehead atoms. The van der Waals surface area contributed by atoms with E-state index in [2.05, 4.69) is 106 Å². The van der Waals surface area contributed by atoms with Crippen LogP contribution in [0.1, 0.15) is 37.5 Å². The molecule has 2 aromatic rings.